The molecule has 0 spiro atoms. The summed E-state index contributed by atoms with van der Waals surface area (Å²) in [5.74, 6) is -0.255. The van der Waals surface area contributed by atoms with Gasteiger partial charge in [-0.15, -0.1) is 0 Å². The molecule has 2 rings (SSSR count). The largest absolute Gasteiger partial charge is 0.394 e. The van der Waals surface area contributed by atoms with Crippen molar-refractivity contribution in [3.05, 3.63) is 48.6 Å². The molecule has 14 nitrogen and oxygen atoms in total. The molecule has 61 heavy (non-hydrogen) atoms. The first-order chi connectivity index (χ1) is 29.6. The molecule has 2 fully saturated rings. The fourth-order valence-electron chi connectivity index (χ4n) is 7.42. The smallest absolute Gasteiger partial charge is 0.220 e. The number of allylic oxidation sites excluding steroid dienone is 7. The van der Waals surface area contributed by atoms with Crippen LogP contribution in [0, 0.1) is 0 Å². The van der Waals surface area contributed by atoms with E-state index in [1.165, 1.54) is 51.4 Å². The van der Waals surface area contributed by atoms with E-state index in [4.69, 9.17) is 18.9 Å². The molecular weight excluding hydrogens is 787 g/mol. The minimum Gasteiger partial charge on any atom is -0.394 e. The quantitative estimate of drug-likeness (QED) is 0.0309. The van der Waals surface area contributed by atoms with Crippen molar-refractivity contribution in [1.29, 1.82) is 0 Å². The van der Waals surface area contributed by atoms with Crippen molar-refractivity contribution in [2.45, 2.75) is 222 Å². The average molecular weight is 870 g/mol. The van der Waals surface area contributed by atoms with Gasteiger partial charge in [-0.25, -0.2) is 0 Å². The Morgan fingerprint density at radius 2 is 1.13 bits per heavy atom. The highest BCUT2D eigenvalue weighted by Crippen LogP contribution is 2.30. The molecular formula is C47H83NO13. The van der Waals surface area contributed by atoms with Crippen molar-refractivity contribution in [2.75, 3.05) is 19.8 Å². The van der Waals surface area contributed by atoms with Crippen molar-refractivity contribution in [3.8, 4) is 0 Å². The molecule has 2 saturated heterocycles. The summed E-state index contributed by atoms with van der Waals surface area (Å²) in [5, 5.41) is 86.4. The Morgan fingerprint density at radius 1 is 0.607 bits per heavy atom. The maximum absolute atomic E-state index is 13.1. The van der Waals surface area contributed by atoms with Crippen molar-refractivity contribution in [2.24, 2.45) is 0 Å². The molecule has 12 atom stereocenters. The molecule has 2 aliphatic rings. The Kier molecular flexibility index (Phi) is 31.0. The number of hydrogen-bond acceptors (Lipinski definition) is 13. The second-order valence-electron chi connectivity index (χ2n) is 16.5. The van der Waals surface area contributed by atoms with Gasteiger partial charge in [-0.05, 0) is 51.4 Å². The van der Waals surface area contributed by atoms with Gasteiger partial charge in [-0.2, -0.15) is 0 Å². The number of aliphatic hydroxyl groups is 8. The molecule has 0 bridgehead atoms. The number of carbonyl (C=O) groups excluding carboxylic acids is 1. The second-order valence-corrected chi connectivity index (χ2v) is 16.5. The maximum atomic E-state index is 13.1. The predicted octanol–water partition coefficient (Wildman–Crippen LogP) is 4.93. The van der Waals surface area contributed by atoms with E-state index in [9.17, 15) is 45.6 Å². The first-order valence-corrected chi connectivity index (χ1v) is 23.4. The summed E-state index contributed by atoms with van der Waals surface area (Å²) in [4.78, 5) is 13.1. The molecule has 0 aliphatic carbocycles. The van der Waals surface area contributed by atoms with Crippen LogP contribution in [-0.4, -0.2) is 140 Å². The fourth-order valence-corrected chi connectivity index (χ4v) is 7.42. The van der Waals surface area contributed by atoms with Crippen LogP contribution >= 0.6 is 0 Å². The zero-order chi connectivity index (χ0) is 44.7. The number of rotatable bonds is 34. The van der Waals surface area contributed by atoms with Crippen LogP contribution in [0.3, 0.4) is 0 Å². The molecule has 0 radical (unpaired) electrons. The van der Waals surface area contributed by atoms with Crippen LogP contribution in [-0.2, 0) is 23.7 Å². The Labute approximate surface area is 365 Å². The molecule has 0 aromatic rings. The van der Waals surface area contributed by atoms with Gasteiger partial charge >= 0.3 is 0 Å². The zero-order valence-electron chi connectivity index (χ0n) is 37.1. The lowest BCUT2D eigenvalue weighted by molar-refractivity contribution is -0.359. The number of carbonyl (C=O) groups is 1. The van der Waals surface area contributed by atoms with E-state index in [1.54, 1.807) is 6.08 Å². The topological polar surface area (TPSA) is 228 Å². The van der Waals surface area contributed by atoms with Gasteiger partial charge in [-0.1, -0.05) is 140 Å². The summed E-state index contributed by atoms with van der Waals surface area (Å²) in [6.07, 6.45) is 21.6. The normalized spacial score (nSPS) is 28.4. The fraction of sp³-hybridized carbons (Fsp3) is 0.809. The second kappa shape index (κ2) is 34.4. The van der Waals surface area contributed by atoms with Gasteiger partial charge in [-0.3, -0.25) is 4.79 Å². The van der Waals surface area contributed by atoms with Gasteiger partial charge in [0.2, 0.25) is 5.91 Å². The van der Waals surface area contributed by atoms with Crippen LogP contribution in [0.25, 0.3) is 0 Å². The number of hydrogen-bond donors (Lipinski definition) is 9. The van der Waals surface area contributed by atoms with E-state index in [0.717, 1.165) is 70.6 Å². The molecule has 2 aliphatic heterocycles. The molecule has 14 heteroatoms. The lowest BCUT2D eigenvalue weighted by atomic mass is 9.97. The molecule has 0 aromatic carbocycles. The van der Waals surface area contributed by atoms with Crippen LogP contribution in [0.4, 0.5) is 0 Å². The average Bonchev–Trinajstić information content (AvgIpc) is 3.26. The molecule has 0 saturated carbocycles. The standard InChI is InChI=1S/C47H83NO13/c1-3-5-7-9-11-13-15-16-17-18-19-20-21-23-25-27-29-31-39(52)48-35(36(51)30-28-26-24-22-14-12-10-8-6-4-2)34-58-46-44(57)42(55)45(38(33-50)60-46)61-47-43(56)41(54)40(53)37(32-49)59-47/h5,7,11,13,16-17,28,30,35-38,40-47,49-51,53-57H,3-4,6,8-10,12,14-15,18-27,29,31-34H2,1-2H3,(H,48,52)/b7-5-,13-11-,17-16-,30-28+. The Balaban J connectivity index is 1.87. The third kappa shape index (κ3) is 22.4. The summed E-state index contributed by atoms with van der Waals surface area (Å²) < 4.78 is 22.6. The summed E-state index contributed by atoms with van der Waals surface area (Å²) in [6.45, 7) is 2.61. The van der Waals surface area contributed by atoms with Crippen LogP contribution < -0.4 is 5.32 Å². The van der Waals surface area contributed by atoms with Crippen LogP contribution in [0.15, 0.2) is 48.6 Å². The number of amides is 1. The van der Waals surface area contributed by atoms with Crippen molar-refractivity contribution >= 4 is 5.91 Å². The summed E-state index contributed by atoms with van der Waals surface area (Å²) in [7, 11) is 0. The highest BCUT2D eigenvalue weighted by molar-refractivity contribution is 5.76. The van der Waals surface area contributed by atoms with Crippen molar-refractivity contribution < 1.29 is 64.6 Å². The Hall–Kier alpha value is -2.05. The number of nitrogens with one attached hydrogen (secondary N) is 1. The molecule has 2 heterocycles. The summed E-state index contributed by atoms with van der Waals surface area (Å²) in [6, 6.07) is -0.918. The molecule has 9 N–H and O–H groups in total. The maximum Gasteiger partial charge on any atom is 0.220 e. The summed E-state index contributed by atoms with van der Waals surface area (Å²) in [5.41, 5.74) is 0. The Morgan fingerprint density at radius 3 is 1.74 bits per heavy atom. The third-order valence-electron chi connectivity index (χ3n) is 11.3. The molecule has 12 unspecified atom stereocenters. The SMILES string of the molecule is CC/C=C\C/C=C\C/C=C\CCCCCCCCCC(=O)NC(COC1OC(CO)C(OC2OC(CO)C(O)C(O)C2O)C(O)C1O)C(O)/C=C/CCCCCCCCCC. The van der Waals surface area contributed by atoms with E-state index >= 15 is 0 Å². The number of aliphatic hydroxyl groups excluding tert-OH is 8. The zero-order valence-corrected chi connectivity index (χ0v) is 37.1. The van der Waals surface area contributed by atoms with Crippen LogP contribution in [0.1, 0.15) is 149 Å². The first-order valence-electron chi connectivity index (χ1n) is 23.4. The first kappa shape index (κ1) is 55.1. The van der Waals surface area contributed by atoms with E-state index in [-0.39, 0.29) is 18.9 Å². The number of unbranched alkanes of at least 4 members (excludes halogenated alkanes) is 15. The van der Waals surface area contributed by atoms with Crippen LogP contribution in [0.2, 0.25) is 0 Å². The van der Waals surface area contributed by atoms with Gasteiger partial charge in [0, 0.05) is 6.42 Å². The highest BCUT2D eigenvalue weighted by atomic mass is 16.7. The number of ether oxygens (including phenoxy) is 4. The predicted molar refractivity (Wildman–Crippen MR) is 235 cm³/mol. The highest BCUT2D eigenvalue weighted by Gasteiger charge is 2.50. The van der Waals surface area contributed by atoms with Gasteiger partial charge < -0.3 is 65.1 Å². The van der Waals surface area contributed by atoms with E-state index in [0.29, 0.717) is 6.42 Å². The van der Waals surface area contributed by atoms with Gasteiger partial charge in [0.15, 0.2) is 12.6 Å². The monoisotopic (exact) mass is 870 g/mol. The lowest BCUT2D eigenvalue weighted by Crippen LogP contribution is -2.65. The molecule has 0 aromatic heterocycles. The minimum absolute atomic E-state index is 0.255. The van der Waals surface area contributed by atoms with Crippen molar-refractivity contribution in [3.63, 3.8) is 0 Å². The molecule has 354 valence electrons. The van der Waals surface area contributed by atoms with Crippen molar-refractivity contribution in [1.82, 2.24) is 5.32 Å². The van der Waals surface area contributed by atoms with E-state index in [2.05, 4.69) is 55.6 Å². The summed E-state index contributed by atoms with van der Waals surface area (Å²) >= 11 is 0. The van der Waals surface area contributed by atoms with Gasteiger partial charge in [0.05, 0.1) is 32.0 Å². The Bertz CT molecular complexity index is 1210. The van der Waals surface area contributed by atoms with E-state index in [1.807, 2.05) is 6.08 Å². The van der Waals surface area contributed by atoms with Crippen LogP contribution in [0.5, 0.6) is 0 Å². The van der Waals surface area contributed by atoms with E-state index < -0.39 is 86.8 Å². The third-order valence-corrected chi connectivity index (χ3v) is 11.3. The lowest BCUT2D eigenvalue weighted by Gasteiger charge is -2.46. The van der Waals surface area contributed by atoms with Gasteiger partial charge in [0.25, 0.3) is 0 Å². The molecule has 1 amide bonds. The van der Waals surface area contributed by atoms with Gasteiger partial charge in [0.1, 0.15) is 48.8 Å². The minimum atomic E-state index is -1.79.